The van der Waals surface area contributed by atoms with Gasteiger partial charge in [0, 0.05) is 26.2 Å². The number of nitrogens with one attached hydrogen (secondary N) is 1. The fourth-order valence-electron chi connectivity index (χ4n) is 1.94. The summed E-state index contributed by atoms with van der Waals surface area (Å²) in [6.07, 6.45) is 1.95. The van der Waals surface area contributed by atoms with Gasteiger partial charge in [-0.15, -0.1) is 0 Å². The van der Waals surface area contributed by atoms with E-state index in [4.69, 9.17) is 9.84 Å². The maximum absolute atomic E-state index is 12.0. The average molecular weight is 258 g/mol. The Bertz CT molecular complexity index is 308. The Morgan fingerprint density at radius 1 is 1.44 bits per heavy atom. The quantitative estimate of drug-likeness (QED) is 0.785. The Balaban J connectivity index is 2.47. The molecule has 0 saturated carbocycles. The smallest absolute Gasteiger partial charge is 0.317 e. The second kappa shape index (κ2) is 6.58. The van der Waals surface area contributed by atoms with Crippen LogP contribution in [0.25, 0.3) is 0 Å². The molecule has 3 atom stereocenters. The van der Waals surface area contributed by atoms with Crippen LogP contribution in [0.5, 0.6) is 0 Å². The van der Waals surface area contributed by atoms with Crippen LogP contribution in [0.15, 0.2) is 0 Å². The number of methoxy groups -OCH3 is 1. The van der Waals surface area contributed by atoms with E-state index in [-0.39, 0.29) is 12.1 Å². The van der Waals surface area contributed by atoms with Crippen molar-refractivity contribution in [1.82, 2.24) is 10.2 Å². The van der Waals surface area contributed by atoms with Gasteiger partial charge in [-0.2, -0.15) is 0 Å². The largest absolute Gasteiger partial charge is 0.481 e. The van der Waals surface area contributed by atoms with Crippen molar-refractivity contribution >= 4 is 12.0 Å². The van der Waals surface area contributed by atoms with Gasteiger partial charge in [-0.3, -0.25) is 4.79 Å². The third-order valence-corrected chi connectivity index (χ3v) is 3.49. The molecule has 18 heavy (non-hydrogen) atoms. The van der Waals surface area contributed by atoms with Gasteiger partial charge < -0.3 is 20.1 Å². The first kappa shape index (κ1) is 14.8. The number of ether oxygens (including phenoxy) is 1. The summed E-state index contributed by atoms with van der Waals surface area (Å²) in [5, 5.41) is 11.6. The highest BCUT2D eigenvalue weighted by molar-refractivity contribution is 5.76. The minimum atomic E-state index is -0.906. The van der Waals surface area contributed by atoms with Crippen LogP contribution in [0.2, 0.25) is 0 Å². The van der Waals surface area contributed by atoms with Crippen molar-refractivity contribution in [2.24, 2.45) is 5.92 Å². The number of amides is 2. The van der Waals surface area contributed by atoms with Crippen LogP contribution in [0.4, 0.5) is 4.79 Å². The van der Waals surface area contributed by atoms with Gasteiger partial charge in [0.15, 0.2) is 0 Å². The first-order valence-electron chi connectivity index (χ1n) is 6.26. The van der Waals surface area contributed by atoms with Crippen LogP contribution in [0.1, 0.15) is 26.7 Å². The van der Waals surface area contributed by atoms with Gasteiger partial charge >= 0.3 is 12.0 Å². The maximum atomic E-state index is 12.0. The number of carbonyl (C=O) groups excluding carboxylic acids is 1. The molecule has 1 fully saturated rings. The molecule has 0 aromatic rings. The molecule has 1 aliphatic rings. The Morgan fingerprint density at radius 2 is 2.11 bits per heavy atom. The molecule has 0 radical (unpaired) electrons. The number of carboxylic acid groups (broad SMARTS) is 1. The maximum Gasteiger partial charge on any atom is 0.317 e. The second-order valence-electron chi connectivity index (χ2n) is 4.81. The van der Waals surface area contributed by atoms with Crippen molar-refractivity contribution < 1.29 is 19.4 Å². The number of hydrogen-bond donors (Lipinski definition) is 2. The zero-order valence-electron chi connectivity index (χ0n) is 11.2. The van der Waals surface area contributed by atoms with E-state index in [0.29, 0.717) is 13.1 Å². The van der Waals surface area contributed by atoms with Crippen molar-refractivity contribution in [3.05, 3.63) is 0 Å². The van der Waals surface area contributed by atoms with Crippen LogP contribution < -0.4 is 5.32 Å². The standard InChI is InChI=1S/C12H22N2O4/c1-8(11(15)16)9(2)13-12(17)14-6-4-5-10(7-14)18-3/h8-10H,4-7H2,1-3H3,(H,13,17)(H,15,16). The van der Waals surface area contributed by atoms with Crippen LogP contribution in [0, 0.1) is 5.92 Å². The molecule has 2 N–H and O–H groups in total. The minimum absolute atomic E-state index is 0.0803. The van der Waals surface area contributed by atoms with Crippen molar-refractivity contribution in [3.8, 4) is 0 Å². The third-order valence-electron chi connectivity index (χ3n) is 3.49. The predicted octanol–water partition coefficient (Wildman–Crippen LogP) is 0.916. The number of piperidine rings is 1. The van der Waals surface area contributed by atoms with Crippen LogP contribution in [-0.2, 0) is 9.53 Å². The molecule has 3 unspecified atom stereocenters. The van der Waals surface area contributed by atoms with Crippen LogP contribution >= 0.6 is 0 Å². The molecule has 1 heterocycles. The van der Waals surface area contributed by atoms with Gasteiger partial charge in [-0.05, 0) is 26.7 Å². The molecular formula is C12H22N2O4. The summed E-state index contributed by atoms with van der Waals surface area (Å²) in [6.45, 7) is 4.55. The normalized spacial score (nSPS) is 23.3. The Hall–Kier alpha value is -1.30. The predicted molar refractivity (Wildman–Crippen MR) is 66.4 cm³/mol. The average Bonchev–Trinajstić information content (AvgIpc) is 2.37. The summed E-state index contributed by atoms with van der Waals surface area (Å²) < 4.78 is 5.25. The molecule has 6 heteroatoms. The Labute approximate surface area is 107 Å². The number of likely N-dealkylation sites (tertiary alicyclic amines) is 1. The zero-order valence-corrected chi connectivity index (χ0v) is 11.2. The van der Waals surface area contributed by atoms with E-state index in [1.165, 1.54) is 0 Å². The number of hydrogen-bond acceptors (Lipinski definition) is 3. The minimum Gasteiger partial charge on any atom is -0.481 e. The first-order valence-corrected chi connectivity index (χ1v) is 6.26. The molecule has 0 aromatic carbocycles. The van der Waals surface area contributed by atoms with Crippen molar-refractivity contribution in [2.75, 3.05) is 20.2 Å². The summed E-state index contributed by atoms with van der Waals surface area (Å²) in [7, 11) is 1.64. The number of rotatable bonds is 4. The summed E-state index contributed by atoms with van der Waals surface area (Å²) in [5.74, 6) is -1.51. The zero-order chi connectivity index (χ0) is 13.7. The third kappa shape index (κ3) is 3.87. The fourth-order valence-corrected chi connectivity index (χ4v) is 1.94. The van der Waals surface area contributed by atoms with E-state index in [1.807, 2.05) is 0 Å². The Kier molecular flexibility index (Phi) is 5.40. The molecule has 1 rings (SSSR count). The molecule has 2 amide bonds. The topological polar surface area (TPSA) is 78.9 Å². The molecule has 0 spiro atoms. The fraction of sp³-hybridized carbons (Fsp3) is 0.833. The van der Waals surface area contributed by atoms with E-state index in [1.54, 1.807) is 25.9 Å². The number of carbonyl (C=O) groups is 2. The van der Waals surface area contributed by atoms with Crippen molar-refractivity contribution in [2.45, 2.75) is 38.8 Å². The highest BCUT2D eigenvalue weighted by Gasteiger charge is 2.26. The highest BCUT2D eigenvalue weighted by atomic mass is 16.5. The monoisotopic (exact) mass is 258 g/mol. The van der Waals surface area contributed by atoms with Gasteiger partial charge in [0.2, 0.25) is 0 Å². The molecular weight excluding hydrogens is 236 g/mol. The van der Waals surface area contributed by atoms with E-state index in [2.05, 4.69) is 5.32 Å². The molecule has 1 aliphatic heterocycles. The van der Waals surface area contributed by atoms with Crippen molar-refractivity contribution in [3.63, 3.8) is 0 Å². The molecule has 104 valence electrons. The number of carboxylic acids is 1. The van der Waals surface area contributed by atoms with Gasteiger partial charge in [0.1, 0.15) is 0 Å². The van der Waals surface area contributed by atoms with Gasteiger partial charge in [0.25, 0.3) is 0 Å². The number of aliphatic carboxylic acids is 1. The second-order valence-corrected chi connectivity index (χ2v) is 4.81. The van der Waals surface area contributed by atoms with Gasteiger partial charge in [-0.1, -0.05) is 0 Å². The molecule has 0 aromatic heterocycles. The molecule has 0 bridgehead atoms. The lowest BCUT2D eigenvalue weighted by Crippen LogP contribution is -2.51. The molecule has 0 aliphatic carbocycles. The lowest BCUT2D eigenvalue weighted by atomic mass is 10.0. The highest BCUT2D eigenvalue weighted by Crippen LogP contribution is 2.13. The first-order chi connectivity index (χ1) is 8.45. The lowest BCUT2D eigenvalue weighted by molar-refractivity contribution is -0.141. The summed E-state index contributed by atoms with van der Waals surface area (Å²) in [6, 6.07) is -0.602. The van der Waals surface area contributed by atoms with Crippen LogP contribution in [-0.4, -0.2) is 54.4 Å². The van der Waals surface area contributed by atoms with E-state index in [0.717, 1.165) is 12.8 Å². The van der Waals surface area contributed by atoms with Gasteiger partial charge in [-0.25, -0.2) is 4.79 Å². The molecule has 6 nitrogen and oxygen atoms in total. The number of urea groups is 1. The van der Waals surface area contributed by atoms with E-state index >= 15 is 0 Å². The van der Waals surface area contributed by atoms with E-state index < -0.39 is 17.9 Å². The van der Waals surface area contributed by atoms with Crippen LogP contribution in [0.3, 0.4) is 0 Å². The van der Waals surface area contributed by atoms with Crippen molar-refractivity contribution in [1.29, 1.82) is 0 Å². The van der Waals surface area contributed by atoms with E-state index in [9.17, 15) is 9.59 Å². The lowest BCUT2D eigenvalue weighted by Gasteiger charge is -2.33. The van der Waals surface area contributed by atoms with Gasteiger partial charge in [0.05, 0.1) is 12.0 Å². The number of nitrogens with zero attached hydrogens (tertiary/aromatic N) is 1. The molecule has 1 saturated heterocycles. The SMILES string of the molecule is COC1CCCN(C(=O)NC(C)C(C)C(=O)O)C1. The summed E-state index contributed by atoms with van der Waals surface area (Å²) in [5.41, 5.74) is 0. The summed E-state index contributed by atoms with van der Waals surface area (Å²) in [4.78, 5) is 24.5. The summed E-state index contributed by atoms with van der Waals surface area (Å²) >= 11 is 0. The Morgan fingerprint density at radius 3 is 2.67 bits per heavy atom.